The van der Waals surface area contributed by atoms with Gasteiger partial charge in [-0.2, -0.15) is 0 Å². The van der Waals surface area contributed by atoms with Crippen molar-refractivity contribution in [3.63, 3.8) is 0 Å². The second-order valence-electron chi connectivity index (χ2n) is 7.55. The lowest BCUT2D eigenvalue weighted by Crippen LogP contribution is -1.90. The zero-order chi connectivity index (χ0) is 29.0. The maximum absolute atomic E-state index is 9.62. The van der Waals surface area contributed by atoms with E-state index >= 15 is 0 Å². The van der Waals surface area contributed by atoms with E-state index in [1.165, 1.54) is 21.3 Å². The predicted molar refractivity (Wildman–Crippen MR) is 152 cm³/mol. The van der Waals surface area contributed by atoms with E-state index in [1.807, 2.05) is 0 Å². The molecule has 0 saturated heterocycles. The van der Waals surface area contributed by atoms with Crippen molar-refractivity contribution in [3.05, 3.63) is 89.5 Å². The van der Waals surface area contributed by atoms with Gasteiger partial charge in [-0.3, -0.25) is 0 Å². The SMILES string of the molecule is COc1cc(/C=C/CO)cc(OC)c1O.COc1cc(/C=C/CO)ccc1O.OC/C=C/c1ccc(O)cc1. The highest BCUT2D eigenvalue weighted by molar-refractivity contribution is 5.61. The fourth-order valence-corrected chi connectivity index (χ4v) is 2.96. The molecule has 0 saturated carbocycles. The lowest BCUT2D eigenvalue weighted by Gasteiger charge is -2.09. The Morgan fingerprint density at radius 2 is 0.949 bits per heavy atom. The summed E-state index contributed by atoms with van der Waals surface area (Å²) in [5, 5.41) is 53.4. The summed E-state index contributed by atoms with van der Waals surface area (Å²) < 4.78 is 14.9. The molecule has 9 nitrogen and oxygen atoms in total. The molecule has 0 spiro atoms. The van der Waals surface area contributed by atoms with E-state index in [2.05, 4.69) is 0 Å². The molecular formula is C30H36O9. The zero-order valence-corrected chi connectivity index (χ0v) is 22.2. The van der Waals surface area contributed by atoms with Gasteiger partial charge in [0.25, 0.3) is 0 Å². The number of hydrogen-bond acceptors (Lipinski definition) is 9. The van der Waals surface area contributed by atoms with E-state index < -0.39 is 0 Å². The predicted octanol–water partition coefficient (Wildman–Crippen LogP) is 4.22. The summed E-state index contributed by atoms with van der Waals surface area (Å²) in [6.07, 6.45) is 10.1. The Bertz CT molecular complexity index is 1170. The van der Waals surface area contributed by atoms with Crippen LogP contribution in [0, 0.1) is 0 Å². The van der Waals surface area contributed by atoms with Crippen LogP contribution in [0.4, 0.5) is 0 Å². The van der Waals surface area contributed by atoms with Crippen LogP contribution in [0.15, 0.2) is 72.8 Å². The number of phenolic OH excluding ortho intramolecular Hbond substituents is 3. The first-order valence-corrected chi connectivity index (χ1v) is 11.8. The summed E-state index contributed by atoms with van der Waals surface area (Å²) in [7, 11) is 4.43. The molecule has 0 heterocycles. The summed E-state index contributed by atoms with van der Waals surface area (Å²) in [4.78, 5) is 0. The summed E-state index contributed by atoms with van der Waals surface area (Å²) in [6, 6.07) is 15.1. The second-order valence-corrected chi connectivity index (χ2v) is 7.55. The summed E-state index contributed by atoms with van der Waals surface area (Å²) in [5.74, 6) is 1.45. The van der Waals surface area contributed by atoms with Gasteiger partial charge >= 0.3 is 0 Å². The molecule has 0 aliphatic carbocycles. The number of rotatable bonds is 9. The Hall–Kier alpha value is -4.44. The van der Waals surface area contributed by atoms with Gasteiger partial charge in [0.1, 0.15) is 5.75 Å². The number of benzene rings is 3. The minimum absolute atomic E-state index is 0.00317. The Kier molecular flexibility index (Phi) is 15.7. The van der Waals surface area contributed by atoms with Crippen molar-refractivity contribution in [3.8, 4) is 34.5 Å². The van der Waals surface area contributed by atoms with Crippen LogP contribution in [0.2, 0.25) is 0 Å². The van der Waals surface area contributed by atoms with Gasteiger partial charge in [0, 0.05) is 0 Å². The molecule has 0 fully saturated rings. The van der Waals surface area contributed by atoms with Crippen molar-refractivity contribution in [1.29, 1.82) is 0 Å². The van der Waals surface area contributed by atoms with Gasteiger partial charge in [-0.1, -0.05) is 54.7 Å². The number of hydrogen-bond donors (Lipinski definition) is 6. The maximum atomic E-state index is 9.62. The molecule has 0 radical (unpaired) electrons. The summed E-state index contributed by atoms with van der Waals surface area (Å²) >= 11 is 0. The largest absolute Gasteiger partial charge is 0.508 e. The molecule has 210 valence electrons. The number of aliphatic hydroxyl groups is 3. The number of phenols is 3. The highest BCUT2D eigenvalue weighted by Crippen LogP contribution is 2.37. The zero-order valence-electron chi connectivity index (χ0n) is 22.2. The monoisotopic (exact) mass is 540 g/mol. The smallest absolute Gasteiger partial charge is 0.200 e. The Morgan fingerprint density at radius 1 is 0.538 bits per heavy atom. The van der Waals surface area contributed by atoms with Crippen molar-refractivity contribution in [2.45, 2.75) is 0 Å². The number of ether oxygens (including phenoxy) is 3. The molecule has 0 amide bonds. The van der Waals surface area contributed by atoms with Crippen molar-refractivity contribution < 1.29 is 44.8 Å². The number of methoxy groups -OCH3 is 3. The third-order valence-corrected chi connectivity index (χ3v) is 4.85. The topological polar surface area (TPSA) is 149 Å². The first kappa shape index (κ1) is 32.6. The van der Waals surface area contributed by atoms with Gasteiger partial charge in [-0.25, -0.2) is 0 Å². The van der Waals surface area contributed by atoms with Crippen molar-refractivity contribution in [2.75, 3.05) is 41.2 Å². The molecule has 39 heavy (non-hydrogen) atoms. The highest BCUT2D eigenvalue weighted by Gasteiger charge is 2.09. The second kappa shape index (κ2) is 18.8. The van der Waals surface area contributed by atoms with Gasteiger partial charge in [0.15, 0.2) is 23.0 Å². The van der Waals surface area contributed by atoms with Crippen LogP contribution in [0.5, 0.6) is 34.5 Å². The van der Waals surface area contributed by atoms with E-state index in [1.54, 1.807) is 91.1 Å². The molecule has 6 N–H and O–H groups in total. The van der Waals surface area contributed by atoms with Gasteiger partial charge in [-0.05, 0) is 53.1 Å². The van der Waals surface area contributed by atoms with Crippen molar-refractivity contribution in [1.82, 2.24) is 0 Å². The Labute approximate surface area is 228 Å². The molecule has 0 unspecified atom stereocenters. The van der Waals surface area contributed by atoms with Crippen LogP contribution in [0.1, 0.15) is 16.7 Å². The minimum Gasteiger partial charge on any atom is -0.508 e. The lowest BCUT2D eigenvalue weighted by atomic mass is 10.1. The fraction of sp³-hybridized carbons (Fsp3) is 0.200. The Morgan fingerprint density at radius 3 is 1.41 bits per heavy atom. The molecule has 0 bridgehead atoms. The number of aliphatic hydroxyl groups excluding tert-OH is 3. The molecule has 3 aromatic rings. The van der Waals surface area contributed by atoms with Crippen molar-refractivity contribution in [2.24, 2.45) is 0 Å². The summed E-state index contributed by atoms with van der Waals surface area (Å²) in [6.45, 7) is 0.00950. The van der Waals surface area contributed by atoms with E-state index in [9.17, 15) is 10.2 Å². The van der Waals surface area contributed by atoms with Crippen LogP contribution in [-0.4, -0.2) is 71.8 Å². The molecule has 9 heteroatoms. The van der Waals surface area contributed by atoms with Crippen molar-refractivity contribution >= 4 is 18.2 Å². The molecule has 0 aliphatic heterocycles. The third-order valence-electron chi connectivity index (χ3n) is 4.85. The average molecular weight is 541 g/mol. The normalized spacial score (nSPS) is 10.6. The van der Waals surface area contributed by atoms with Crippen LogP contribution in [-0.2, 0) is 0 Å². The van der Waals surface area contributed by atoms with E-state index in [-0.39, 0.29) is 37.1 Å². The summed E-state index contributed by atoms with van der Waals surface area (Å²) in [5.41, 5.74) is 2.64. The molecule has 3 rings (SSSR count). The molecule has 0 aliphatic rings. The van der Waals surface area contributed by atoms with Crippen LogP contribution < -0.4 is 14.2 Å². The third kappa shape index (κ3) is 12.1. The van der Waals surface area contributed by atoms with E-state index in [4.69, 9.17) is 34.6 Å². The first-order valence-electron chi connectivity index (χ1n) is 11.8. The Balaban J connectivity index is 0.000000296. The van der Waals surface area contributed by atoms with Gasteiger partial charge in [-0.15, -0.1) is 0 Å². The molecule has 3 aromatic carbocycles. The van der Waals surface area contributed by atoms with Crippen LogP contribution in [0.25, 0.3) is 18.2 Å². The fourth-order valence-electron chi connectivity index (χ4n) is 2.96. The molecule has 0 aromatic heterocycles. The van der Waals surface area contributed by atoms with Gasteiger partial charge < -0.3 is 44.8 Å². The highest BCUT2D eigenvalue weighted by atomic mass is 16.5. The first-order chi connectivity index (χ1) is 18.8. The lowest BCUT2D eigenvalue weighted by molar-refractivity contribution is 0.339. The van der Waals surface area contributed by atoms with E-state index in [0.717, 1.165) is 16.7 Å². The molecule has 0 atom stereocenters. The van der Waals surface area contributed by atoms with E-state index in [0.29, 0.717) is 17.2 Å². The minimum atomic E-state index is -0.0362. The van der Waals surface area contributed by atoms with Crippen LogP contribution in [0.3, 0.4) is 0 Å². The van der Waals surface area contributed by atoms with Gasteiger partial charge in [0.05, 0.1) is 41.2 Å². The number of aromatic hydroxyl groups is 3. The molecular weight excluding hydrogens is 504 g/mol. The average Bonchev–Trinajstić information content (AvgIpc) is 2.96. The van der Waals surface area contributed by atoms with Gasteiger partial charge in [0.2, 0.25) is 5.75 Å². The quantitative estimate of drug-likeness (QED) is 0.235. The standard InChI is InChI=1S/C11H14O4.C10H12O3.C9H10O2/c1-14-9-6-8(4-3-5-12)7-10(15-2)11(9)13;1-13-10-7-8(3-2-6-11)4-5-9(10)12;10-7-1-2-8-3-5-9(11)6-4-8/h3-4,6-7,12-13H,5H2,1-2H3;2-5,7,11-12H,6H2,1H3;1-6,10-11H,7H2/b4-3+;3-2+;2-1+. The van der Waals surface area contributed by atoms with Crippen LogP contribution >= 0.6 is 0 Å². The maximum Gasteiger partial charge on any atom is 0.200 e.